The van der Waals surface area contributed by atoms with E-state index >= 15 is 0 Å². The van der Waals surface area contributed by atoms with E-state index in [2.05, 4.69) is 21.4 Å². The maximum Gasteiger partial charge on any atom is 0.230 e. The molecule has 1 aromatic heterocycles. The van der Waals surface area contributed by atoms with Crippen LogP contribution in [-0.2, 0) is 11.2 Å². The van der Waals surface area contributed by atoms with Crippen molar-refractivity contribution in [2.75, 3.05) is 12.3 Å². The second-order valence-electron chi connectivity index (χ2n) is 5.58. The molecule has 0 aliphatic rings. The van der Waals surface area contributed by atoms with Crippen LogP contribution >= 0.6 is 23.4 Å². The summed E-state index contributed by atoms with van der Waals surface area (Å²) in [5.74, 6) is 0.340. The lowest BCUT2D eigenvalue weighted by molar-refractivity contribution is -0.118. The number of hydrogen-bond donors (Lipinski definition) is 2. The summed E-state index contributed by atoms with van der Waals surface area (Å²) in [7, 11) is 0. The fraction of sp³-hybridized carbons (Fsp3) is 0.222. The molecular formula is C18H18ClN3OS. The van der Waals surface area contributed by atoms with Gasteiger partial charge in [0.25, 0.3) is 0 Å². The molecule has 2 N–H and O–H groups in total. The van der Waals surface area contributed by atoms with Crippen LogP contribution in [0, 0.1) is 6.92 Å². The molecule has 0 bridgehead atoms. The van der Waals surface area contributed by atoms with Gasteiger partial charge in [-0.15, -0.1) is 0 Å². The average Bonchev–Trinajstić information content (AvgIpc) is 2.95. The molecule has 4 nitrogen and oxygen atoms in total. The zero-order chi connectivity index (χ0) is 16.9. The van der Waals surface area contributed by atoms with Gasteiger partial charge in [0.2, 0.25) is 5.91 Å². The molecule has 0 radical (unpaired) electrons. The second-order valence-corrected chi connectivity index (χ2v) is 6.98. The van der Waals surface area contributed by atoms with E-state index in [0.29, 0.717) is 12.3 Å². The Bertz CT molecular complexity index is 862. The molecule has 3 rings (SSSR count). The molecule has 0 saturated heterocycles. The lowest BCUT2D eigenvalue weighted by Crippen LogP contribution is -2.27. The Morgan fingerprint density at radius 3 is 3.00 bits per heavy atom. The van der Waals surface area contributed by atoms with Gasteiger partial charge >= 0.3 is 0 Å². The standard InChI is InChI=1S/C18H18ClN3OS/c1-12-5-6-15-16(9-12)22-18(21-15)24-11-17(23)20-8-7-13-3-2-4-14(19)10-13/h2-6,9-10H,7-8,11H2,1H3,(H,20,23)(H,21,22). The number of H-pyrrole nitrogens is 1. The third-order valence-electron chi connectivity index (χ3n) is 3.58. The summed E-state index contributed by atoms with van der Waals surface area (Å²) in [5.41, 5.74) is 4.22. The van der Waals surface area contributed by atoms with E-state index in [1.807, 2.05) is 43.3 Å². The first-order valence-corrected chi connectivity index (χ1v) is 9.07. The van der Waals surface area contributed by atoms with Crippen molar-refractivity contribution in [2.45, 2.75) is 18.5 Å². The van der Waals surface area contributed by atoms with Crippen molar-refractivity contribution >= 4 is 40.3 Å². The van der Waals surface area contributed by atoms with Crippen LogP contribution in [0.1, 0.15) is 11.1 Å². The van der Waals surface area contributed by atoms with Crippen LogP contribution in [0.4, 0.5) is 0 Å². The predicted octanol–water partition coefficient (Wildman–Crippen LogP) is 3.98. The van der Waals surface area contributed by atoms with Gasteiger partial charge in [-0.05, 0) is 48.7 Å². The first-order valence-electron chi connectivity index (χ1n) is 7.70. The van der Waals surface area contributed by atoms with E-state index in [1.165, 1.54) is 17.3 Å². The summed E-state index contributed by atoms with van der Waals surface area (Å²) in [5, 5.41) is 4.40. The van der Waals surface area contributed by atoms with Crippen molar-refractivity contribution < 1.29 is 4.79 Å². The molecule has 0 fully saturated rings. The minimum atomic E-state index is -0.00124. The molecule has 0 atom stereocenters. The van der Waals surface area contributed by atoms with Gasteiger partial charge in [0.05, 0.1) is 16.8 Å². The highest BCUT2D eigenvalue weighted by molar-refractivity contribution is 7.99. The first-order chi connectivity index (χ1) is 11.6. The van der Waals surface area contributed by atoms with Crippen LogP contribution in [0.2, 0.25) is 5.02 Å². The number of aromatic nitrogens is 2. The van der Waals surface area contributed by atoms with Gasteiger partial charge in [0, 0.05) is 11.6 Å². The third kappa shape index (κ3) is 4.52. The molecule has 2 aromatic carbocycles. The number of aromatic amines is 1. The molecule has 1 amide bonds. The summed E-state index contributed by atoms with van der Waals surface area (Å²) in [4.78, 5) is 19.7. The van der Waals surface area contributed by atoms with Crippen molar-refractivity contribution in [3.05, 3.63) is 58.6 Å². The smallest absolute Gasteiger partial charge is 0.230 e. The van der Waals surface area contributed by atoms with Crippen LogP contribution < -0.4 is 5.32 Å². The van der Waals surface area contributed by atoms with Gasteiger partial charge in [0.1, 0.15) is 0 Å². The van der Waals surface area contributed by atoms with Gasteiger partial charge in [-0.25, -0.2) is 4.98 Å². The Hall–Kier alpha value is -1.98. The molecule has 124 valence electrons. The van der Waals surface area contributed by atoms with E-state index in [1.54, 1.807) is 0 Å². The van der Waals surface area contributed by atoms with Gasteiger partial charge in [-0.3, -0.25) is 4.79 Å². The number of amides is 1. The fourth-order valence-electron chi connectivity index (χ4n) is 2.39. The van der Waals surface area contributed by atoms with Crippen molar-refractivity contribution in [1.82, 2.24) is 15.3 Å². The number of fused-ring (bicyclic) bond motifs is 1. The van der Waals surface area contributed by atoms with Crippen LogP contribution in [-0.4, -0.2) is 28.2 Å². The molecular weight excluding hydrogens is 342 g/mol. The van der Waals surface area contributed by atoms with Crippen LogP contribution in [0.25, 0.3) is 11.0 Å². The lowest BCUT2D eigenvalue weighted by atomic mass is 10.1. The lowest BCUT2D eigenvalue weighted by Gasteiger charge is -2.05. The van der Waals surface area contributed by atoms with Crippen LogP contribution in [0.3, 0.4) is 0 Å². The zero-order valence-electron chi connectivity index (χ0n) is 13.3. The van der Waals surface area contributed by atoms with Gasteiger partial charge in [0.15, 0.2) is 5.16 Å². The number of thioether (sulfide) groups is 1. The molecule has 0 aliphatic carbocycles. The SMILES string of the molecule is Cc1ccc2nc(SCC(=O)NCCc3cccc(Cl)c3)[nH]c2c1. The first kappa shape index (κ1) is 16.9. The number of imidazole rings is 1. The number of rotatable bonds is 6. The van der Waals surface area contributed by atoms with E-state index in [4.69, 9.17) is 11.6 Å². The van der Waals surface area contributed by atoms with E-state index in [-0.39, 0.29) is 5.91 Å². The number of benzene rings is 2. The molecule has 3 aromatic rings. The molecule has 0 unspecified atom stereocenters. The summed E-state index contributed by atoms with van der Waals surface area (Å²) in [6.45, 7) is 2.64. The number of carbonyl (C=O) groups excluding carboxylic acids is 1. The molecule has 24 heavy (non-hydrogen) atoms. The predicted molar refractivity (Wildman–Crippen MR) is 99.7 cm³/mol. The Morgan fingerprint density at radius 2 is 2.17 bits per heavy atom. The number of nitrogens with zero attached hydrogens (tertiary/aromatic N) is 1. The van der Waals surface area contributed by atoms with E-state index in [0.717, 1.165) is 33.2 Å². The van der Waals surface area contributed by atoms with Gasteiger partial charge in [-0.2, -0.15) is 0 Å². The van der Waals surface area contributed by atoms with Crippen molar-refractivity contribution in [2.24, 2.45) is 0 Å². The molecule has 6 heteroatoms. The minimum absolute atomic E-state index is 0.00124. The highest BCUT2D eigenvalue weighted by Crippen LogP contribution is 2.20. The van der Waals surface area contributed by atoms with Crippen molar-refractivity contribution in [3.63, 3.8) is 0 Å². The summed E-state index contributed by atoms with van der Waals surface area (Å²) in [6.07, 6.45) is 0.765. The van der Waals surface area contributed by atoms with E-state index in [9.17, 15) is 4.79 Å². The highest BCUT2D eigenvalue weighted by Gasteiger charge is 2.07. The Morgan fingerprint density at radius 1 is 1.29 bits per heavy atom. The fourth-order valence-corrected chi connectivity index (χ4v) is 3.32. The maximum absolute atomic E-state index is 11.9. The van der Waals surface area contributed by atoms with Gasteiger partial charge in [-0.1, -0.05) is 41.6 Å². The Kier molecular flexibility index (Phi) is 5.43. The quantitative estimate of drug-likeness (QED) is 0.654. The number of hydrogen-bond acceptors (Lipinski definition) is 3. The van der Waals surface area contributed by atoms with Crippen LogP contribution in [0.5, 0.6) is 0 Å². The Balaban J connectivity index is 1.46. The monoisotopic (exact) mass is 359 g/mol. The number of nitrogens with one attached hydrogen (secondary N) is 2. The van der Waals surface area contributed by atoms with Crippen molar-refractivity contribution in [3.8, 4) is 0 Å². The number of halogens is 1. The third-order valence-corrected chi connectivity index (χ3v) is 4.69. The highest BCUT2D eigenvalue weighted by atomic mass is 35.5. The van der Waals surface area contributed by atoms with Crippen LogP contribution in [0.15, 0.2) is 47.6 Å². The Labute approximate surface area is 150 Å². The minimum Gasteiger partial charge on any atom is -0.355 e. The van der Waals surface area contributed by atoms with Crippen molar-refractivity contribution in [1.29, 1.82) is 0 Å². The molecule has 0 spiro atoms. The normalized spacial score (nSPS) is 10.9. The summed E-state index contributed by atoms with van der Waals surface area (Å²) >= 11 is 7.35. The molecule has 1 heterocycles. The molecule has 0 saturated carbocycles. The largest absolute Gasteiger partial charge is 0.355 e. The summed E-state index contributed by atoms with van der Waals surface area (Å²) < 4.78 is 0. The zero-order valence-corrected chi connectivity index (χ0v) is 14.9. The summed E-state index contributed by atoms with van der Waals surface area (Å²) in [6, 6.07) is 13.7. The maximum atomic E-state index is 11.9. The number of aryl methyl sites for hydroxylation is 1. The molecule has 0 aliphatic heterocycles. The topological polar surface area (TPSA) is 57.8 Å². The van der Waals surface area contributed by atoms with E-state index < -0.39 is 0 Å². The second kappa shape index (κ2) is 7.73. The average molecular weight is 360 g/mol. The number of carbonyl (C=O) groups is 1. The van der Waals surface area contributed by atoms with Gasteiger partial charge < -0.3 is 10.3 Å².